The zero-order chi connectivity index (χ0) is 14.1. The Kier molecular flexibility index (Phi) is 3.58. The molecule has 0 fully saturated rings. The molecule has 2 aromatic rings. The molecule has 0 aromatic carbocycles. The number of aryl methyl sites for hydroxylation is 2. The molecule has 6 heteroatoms. The third-order valence-electron chi connectivity index (χ3n) is 3.38. The van der Waals surface area contributed by atoms with Gasteiger partial charge in [0.05, 0.1) is 11.5 Å². The molecule has 2 aromatic heterocycles. The second-order valence-corrected chi connectivity index (χ2v) is 5.94. The van der Waals surface area contributed by atoms with Gasteiger partial charge in [0, 0.05) is 12.0 Å². The normalized spacial score (nSPS) is 14.2. The highest BCUT2D eigenvalue weighted by Gasteiger charge is 2.22. The molecular weight excluding hydrogens is 278 g/mol. The van der Waals surface area contributed by atoms with E-state index in [1.165, 1.54) is 30.4 Å². The Morgan fingerprint density at radius 3 is 3.00 bits per heavy atom. The lowest BCUT2D eigenvalue weighted by atomic mass is 9.99. The van der Waals surface area contributed by atoms with E-state index in [0.29, 0.717) is 11.6 Å². The van der Waals surface area contributed by atoms with Gasteiger partial charge in [-0.15, -0.1) is 11.3 Å². The van der Waals surface area contributed by atoms with Crippen LogP contribution in [0.2, 0.25) is 0 Å². The summed E-state index contributed by atoms with van der Waals surface area (Å²) in [5.74, 6) is -0.862. The zero-order valence-electron chi connectivity index (χ0n) is 11.1. The van der Waals surface area contributed by atoms with Crippen molar-refractivity contribution >= 4 is 17.3 Å². The van der Waals surface area contributed by atoms with E-state index in [-0.39, 0.29) is 12.4 Å². The molecule has 0 radical (unpaired) electrons. The lowest BCUT2D eigenvalue weighted by Gasteiger charge is -2.08. The fourth-order valence-electron chi connectivity index (χ4n) is 2.45. The fourth-order valence-corrected chi connectivity index (χ4v) is 3.63. The van der Waals surface area contributed by atoms with Gasteiger partial charge in [-0.3, -0.25) is 0 Å². The second-order valence-electron chi connectivity index (χ2n) is 4.80. The summed E-state index contributed by atoms with van der Waals surface area (Å²) in [6, 6.07) is 2.08. The molecule has 0 saturated carbocycles. The predicted octanol–water partition coefficient (Wildman–Crippen LogP) is 3.13. The van der Waals surface area contributed by atoms with Crippen LogP contribution < -0.4 is 0 Å². The van der Waals surface area contributed by atoms with E-state index >= 15 is 0 Å². The number of carboxylic acids is 1. The molecule has 3 rings (SSSR count). The van der Waals surface area contributed by atoms with Crippen LogP contribution in [0.5, 0.6) is 0 Å². The van der Waals surface area contributed by atoms with Crippen LogP contribution in [0, 0.1) is 0 Å². The first-order valence-electron chi connectivity index (χ1n) is 6.53. The van der Waals surface area contributed by atoms with E-state index in [0.717, 1.165) is 17.7 Å². The molecular formula is C14H15NO4S. The van der Waals surface area contributed by atoms with Gasteiger partial charge in [0.15, 0.2) is 0 Å². The number of hydrogen-bond donors (Lipinski definition) is 1. The highest BCUT2D eigenvalue weighted by atomic mass is 32.1. The molecule has 0 bridgehead atoms. The van der Waals surface area contributed by atoms with Crippen LogP contribution in [0.15, 0.2) is 10.5 Å². The molecule has 106 valence electrons. The lowest BCUT2D eigenvalue weighted by Crippen LogP contribution is -2.00. The third-order valence-corrected chi connectivity index (χ3v) is 4.61. The average Bonchev–Trinajstić information content (AvgIpc) is 3.02. The summed E-state index contributed by atoms with van der Waals surface area (Å²) in [4.78, 5) is 17.7. The van der Waals surface area contributed by atoms with Crippen LogP contribution >= 0.6 is 11.3 Å². The molecule has 0 atom stereocenters. The number of methoxy groups -OCH3 is 1. The summed E-state index contributed by atoms with van der Waals surface area (Å²) in [6.07, 6.45) is 4.61. The van der Waals surface area contributed by atoms with Crippen molar-refractivity contribution in [2.75, 3.05) is 7.11 Å². The van der Waals surface area contributed by atoms with Crippen LogP contribution in [0.25, 0.3) is 10.8 Å². The van der Waals surface area contributed by atoms with Crippen LogP contribution in [0.3, 0.4) is 0 Å². The van der Waals surface area contributed by atoms with E-state index < -0.39 is 5.97 Å². The number of hydrogen-bond acceptors (Lipinski definition) is 5. The van der Waals surface area contributed by atoms with E-state index in [9.17, 15) is 4.79 Å². The highest BCUT2D eigenvalue weighted by molar-refractivity contribution is 7.15. The minimum Gasteiger partial charge on any atom is -0.475 e. The van der Waals surface area contributed by atoms with Crippen LogP contribution in [-0.2, 0) is 24.2 Å². The molecule has 2 heterocycles. The number of ether oxygens (including phenoxy) is 1. The molecule has 1 N–H and O–H groups in total. The Morgan fingerprint density at radius 1 is 1.50 bits per heavy atom. The summed E-state index contributed by atoms with van der Waals surface area (Å²) >= 11 is 1.65. The number of carboxylic acid groups (broad SMARTS) is 1. The maximum atomic E-state index is 11.1. The quantitative estimate of drug-likeness (QED) is 0.937. The standard InChI is InChI=1S/C14H15NO4S/c1-18-7-9-12(14(16)17)19-13(15-9)11-6-8-4-2-3-5-10(8)20-11/h6H,2-5,7H2,1H3,(H,16,17). The minimum atomic E-state index is -1.11. The minimum absolute atomic E-state index is 0.131. The molecule has 0 amide bonds. The summed E-state index contributed by atoms with van der Waals surface area (Å²) in [6.45, 7) is 0.135. The molecule has 1 aliphatic rings. The second kappa shape index (κ2) is 5.38. The predicted molar refractivity (Wildman–Crippen MR) is 74.1 cm³/mol. The Hall–Kier alpha value is -1.66. The lowest BCUT2D eigenvalue weighted by molar-refractivity contribution is 0.0656. The number of carbonyl (C=O) groups is 1. The number of fused-ring (bicyclic) bond motifs is 1. The van der Waals surface area contributed by atoms with Gasteiger partial charge in [-0.2, -0.15) is 0 Å². The Balaban J connectivity index is 1.99. The van der Waals surface area contributed by atoms with Crippen molar-refractivity contribution in [3.8, 4) is 10.8 Å². The Morgan fingerprint density at radius 2 is 2.30 bits per heavy atom. The molecule has 1 aliphatic carbocycles. The van der Waals surface area contributed by atoms with E-state index in [4.69, 9.17) is 14.3 Å². The van der Waals surface area contributed by atoms with Gasteiger partial charge in [0.1, 0.15) is 5.69 Å². The van der Waals surface area contributed by atoms with E-state index in [2.05, 4.69) is 11.1 Å². The Bertz CT molecular complexity index is 620. The summed E-state index contributed by atoms with van der Waals surface area (Å²) in [7, 11) is 1.50. The van der Waals surface area contributed by atoms with Gasteiger partial charge >= 0.3 is 5.97 Å². The first-order valence-corrected chi connectivity index (χ1v) is 7.34. The number of rotatable bonds is 4. The number of oxazole rings is 1. The van der Waals surface area contributed by atoms with E-state index in [1.807, 2.05) is 0 Å². The van der Waals surface area contributed by atoms with Gasteiger partial charge in [-0.1, -0.05) is 0 Å². The van der Waals surface area contributed by atoms with Crippen LogP contribution in [0.4, 0.5) is 0 Å². The molecule has 20 heavy (non-hydrogen) atoms. The maximum absolute atomic E-state index is 11.1. The van der Waals surface area contributed by atoms with Crippen molar-refractivity contribution in [1.82, 2.24) is 4.98 Å². The van der Waals surface area contributed by atoms with Crippen LogP contribution in [0.1, 0.15) is 39.5 Å². The smallest absolute Gasteiger partial charge is 0.373 e. The van der Waals surface area contributed by atoms with Gasteiger partial charge < -0.3 is 14.3 Å². The Labute approximate surface area is 120 Å². The number of aromatic nitrogens is 1. The van der Waals surface area contributed by atoms with Crippen LogP contribution in [-0.4, -0.2) is 23.2 Å². The monoisotopic (exact) mass is 293 g/mol. The van der Waals surface area contributed by atoms with Crippen molar-refractivity contribution in [3.05, 3.63) is 28.0 Å². The maximum Gasteiger partial charge on any atom is 0.373 e. The van der Waals surface area contributed by atoms with Crippen molar-refractivity contribution in [2.45, 2.75) is 32.3 Å². The highest BCUT2D eigenvalue weighted by Crippen LogP contribution is 2.36. The summed E-state index contributed by atoms with van der Waals surface area (Å²) < 4.78 is 10.4. The fraction of sp³-hybridized carbons (Fsp3) is 0.429. The molecule has 0 aliphatic heterocycles. The number of thiophene rings is 1. The van der Waals surface area contributed by atoms with Gasteiger partial charge in [0.2, 0.25) is 11.7 Å². The first-order chi connectivity index (χ1) is 9.69. The van der Waals surface area contributed by atoms with Gasteiger partial charge in [0.25, 0.3) is 0 Å². The largest absolute Gasteiger partial charge is 0.475 e. The number of nitrogens with zero attached hydrogens (tertiary/aromatic N) is 1. The van der Waals surface area contributed by atoms with E-state index in [1.54, 1.807) is 11.3 Å². The van der Waals surface area contributed by atoms with Crippen molar-refractivity contribution in [3.63, 3.8) is 0 Å². The number of aromatic carboxylic acids is 1. The van der Waals surface area contributed by atoms with Gasteiger partial charge in [-0.05, 0) is 37.3 Å². The molecule has 0 spiro atoms. The topological polar surface area (TPSA) is 72.6 Å². The van der Waals surface area contributed by atoms with Crippen molar-refractivity contribution in [2.24, 2.45) is 0 Å². The molecule has 5 nitrogen and oxygen atoms in total. The zero-order valence-corrected chi connectivity index (χ0v) is 12.0. The SMILES string of the molecule is COCc1nc(-c2cc3c(s2)CCCC3)oc1C(=O)O. The molecule has 0 unspecified atom stereocenters. The third kappa shape index (κ3) is 2.36. The van der Waals surface area contributed by atoms with Gasteiger partial charge in [-0.25, -0.2) is 9.78 Å². The van der Waals surface area contributed by atoms with Crippen molar-refractivity contribution in [1.29, 1.82) is 0 Å². The summed E-state index contributed by atoms with van der Waals surface area (Å²) in [5.41, 5.74) is 1.68. The van der Waals surface area contributed by atoms with Crippen molar-refractivity contribution < 1.29 is 19.1 Å². The summed E-state index contributed by atoms with van der Waals surface area (Å²) in [5, 5.41) is 9.13. The average molecular weight is 293 g/mol. The molecule has 0 saturated heterocycles. The first kappa shape index (κ1) is 13.3.